The highest BCUT2D eigenvalue weighted by Crippen LogP contribution is 2.28. The minimum absolute atomic E-state index is 0.115. The van der Waals surface area contributed by atoms with E-state index in [1.807, 2.05) is 0 Å². The van der Waals surface area contributed by atoms with E-state index in [1.54, 1.807) is 35.2 Å². The van der Waals surface area contributed by atoms with E-state index in [9.17, 15) is 14.3 Å². The maximum absolute atomic E-state index is 13.2. The van der Waals surface area contributed by atoms with Crippen molar-refractivity contribution in [2.75, 3.05) is 6.54 Å². The number of likely N-dealkylation sites (tertiary alicyclic amines) is 1. The lowest BCUT2D eigenvalue weighted by Gasteiger charge is -2.30. The molecule has 4 rings (SSSR count). The molecule has 6 nitrogen and oxygen atoms in total. The minimum Gasteiger partial charge on any atom is -0.467 e. The normalized spacial score (nSPS) is 18.4. The fraction of sp³-hybridized carbons (Fsp3) is 0.364. The third-order valence-corrected chi connectivity index (χ3v) is 5.36. The number of hydrogen-bond acceptors (Lipinski definition) is 5. The van der Waals surface area contributed by atoms with E-state index >= 15 is 0 Å². The van der Waals surface area contributed by atoms with Gasteiger partial charge in [-0.2, -0.15) is 0 Å². The van der Waals surface area contributed by atoms with E-state index in [1.165, 1.54) is 18.4 Å². The van der Waals surface area contributed by atoms with Gasteiger partial charge in [0.25, 0.3) is 5.91 Å². The number of aromatic nitrogens is 1. The molecule has 1 aromatic carbocycles. The second-order valence-corrected chi connectivity index (χ2v) is 7.35. The van der Waals surface area contributed by atoms with Gasteiger partial charge in [-0.15, -0.1) is 0 Å². The minimum atomic E-state index is -0.768. The Morgan fingerprint density at radius 3 is 2.83 bits per heavy atom. The quantitative estimate of drug-likeness (QED) is 0.680. The van der Waals surface area contributed by atoms with Crippen molar-refractivity contribution >= 4 is 5.91 Å². The first kappa shape index (κ1) is 19.4. The molecule has 1 aliphatic rings. The lowest BCUT2D eigenvalue weighted by Crippen LogP contribution is -2.41. The van der Waals surface area contributed by atoms with Crippen molar-refractivity contribution in [3.05, 3.63) is 66.0 Å². The second kappa shape index (κ2) is 8.61. The fourth-order valence-corrected chi connectivity index (χ4v) is 3.82. The summed E-state index contributed by atoms with van der Waals surface area (Å²) >= 11 is 0. The van der Waals surface area contributed by atoms with E-state index in [4.69, 9.17) is 8.94 Å². The first-order valence-corrected chi connectivity index (χ1v) is 9.87. The first-order chi connectivity index (χ1) is 14.1. The van der Waals surface area contributed by atoms with Crippen molar-refractivity contribution in [1.29, 1.82) is 0 Å². The predicted molar refractivity (Wildman–Crippen MR) is 103 cm³/mol. The van der Waals surface area contributed by atoms with Crippen molar-refractivity contribution in [1.82, 2.24) is 10.1 Å². The summed E-state index contributed by atoms with van der Waals surface area (Å²) in [6, 6.07) is 10.8. The summed E-state index contributed by atoms with van der Waals surface area (Å²) < 4.78 is 23.8. The van der Waals surface area contributed by atoms with Gasteiger partial charge in [0.05, 0.1) is 6.26 Å². The molecule has 2 atom stereocenters. The van der Waals surface area contributed by atoms with Gasteiger partial charge in [0.15, 0.2) is 11.5 Å². The molecule has 0 saturated carbocycles. The van der Waals surface area contributed by atoms with Gasteiger partial charge in [0.2, 0.25) is 0 Å². The smallest absolute Gasteiger partial charge is 0.276 e. The van der Waals surface area contributed by atoms with E-state index in [-0.39, 0.29) is 23.5 Å². The number of rotatable bonds is 5. The molecule has 0 bridgehead atoms. The van der Waals surface area contributed by atoms with Crippen LogP contribution in [-0.2, 0) is 0 Å². The average molecular weight is 398 g/mol. The molecule has 1 fully saturated rings. The Kier molecular flexibility index (Phi) is 5.76. The summed E-state index contributed by atoms with van der Waals surface area (Å²) in [5, 5.41) is 14.4. The number of halogens is 1. The zero-order valence-electron chi connectivity index (χ0n) is 16.0. The molecule has 2 aromatic heterocycles. The maximum Gasteiger partial charge on any atom is 0.276 e. The summed E-state index contributed by atoms with van der Waals surface area (Å²) in [5.41, 5.74) is 0.863. The van der Waals surface area contributed by atoms with E-state index in [0.29, 0.717) is 30.0 Å². The van der Waals surface area contributed by atoms with Crippen LogP contribution in [0.15, 0.2) is 57.7 Å². The Labute approximate surface area is 167 Å². The largest absolute Gasteiger partial charge is 0.467 e. The van der Waals surface area contributed by atoms with Crippen LogP contribution in [-0.4, -0.2) is 33.7 Å². The van der Waals surface area contributed by atoms with Crippen LogP contribution in [0.3, 0.4) is 0 Å². The lowest BCUT2D eigenvalue weighted by atomic mass is 10.0. The molecular weight excluding hydrogens is 375 g/mol. The molecule has 1 amide bonds. The molecule has 29 heavy (non-hydrogen) atoms. The third-order valence-electron chi connectivity index (χ3n) is 5.36. The number of carbonyl (C=O) groups is 1. The van der Waals surface area contributed by atoms with Crippen molar-refractivity contribution < 1.29 is 23.2 Å². The zero-order valence-corrected chi connectivity index (χ0v) is 16.0. The van der Waals surface area contributed by atoms with E-state index < -0.39 is 6.10 Å². The number of nitrogens with zero attached hydrogens (tertiary/aromatic N) is 2. The van der Waals surface area contributed by atoms with Gasteiger partial charge in [-0.25, -0.2) is 4.39 Å². The number of hydrogen-bond donors (Lipinski definition) is 1. The Balaban J connectivity index is 1.52. The maximum atomic E-state index is 13.2. The second-order valence-electron chi connectivity index (χ2n) is 7.35. The topological polar surface area (TPSA) is 79.7 Å². The lowest BCUT2D eigenvalue weighted by molar-refractivity contribution is 0.0548. The Hall–Kier alpha value is -2.93. The van der Waals surface area contributed by atoms with Gasteiger partial charge < -0.3 is 18.9 Å². The summed E-state index contributed by atoms with van der Waals surface area (Å²) in [7, 11) is 0. The number of benzene rings is 1. The molecule has 1 aliphatic heterocycles. The van der Waals surface area contributed by atoms with E-state index in [0.717, 1.165) is 25.7 Å². The molecular formula is C22H23FN2O4. The van der Waals surface area contributed by atoms with Crippen LogP contribution in [0.25, 0.3) is 11.3 Å². The number of aliphatic hydroxyl groups excluding tert-OH is 1. The Bertz CT molecular complexity index is 936. The molecule has 3 aromatic rings. The highest BCUT2D eigenvalue weighted by molar-refractivity contribution is 5.93. The van der Waals surface area contributed by atoms with Gasteiger partial charge in [0, 0.05) is 30.6 Å². The molecule has 3 heterocycles. The fourth-order valence-electron chi connectivity index (χ4n) is 3.82. The number of aliphatic hydroxyl groups is 1. The van der Waals surface area contributed by atoms with Crippen LogP contribution in [0.2, 0.25) is 0 Å². The molecule has 1 saturated heterocycles. The van der Waals surface area contributed by atoms with Gasteiger partial charge in [-0.05, 0) is 49.2 Å². The molecule has 0 spiro atoms. The number of amides is 1. The average Bonchev–Trinajstić information content (AvgIpc) is 3.38. The Morgan fingerprint density at radius 1 is 1.24 bits per heavy atom. The molecule has 152 valence electrons. The highest BCUT2D eigenvalue weighted by Gasteiger charge is 2.30. The zero-order chi connectivity index (χ0) is 20.2. The third kappa shape index (κ3) is 4.40. The monoisotopic (exact) mass is 398 g/mol. The van der Waals surface area contributed by atoms with Crippen LogP contribution in [0, 0.1) is 5.82 Å². The van der Waals surface area contributed by atoms with Crippen molar-refractivity contribution in [3.63, 3.8) is 0 Å². The molecule has 0 aliphatic carbocycles. The van der Waals surface area contributed by atoms with Gasteiger partial charge >= 0.3 is 0 Å². The number of carbonyl (C=O) groups excluding carboxylic acids is 1. The number of furan rings is 1. The SMILES string of the molecule is O=C(c1cc(-c2ccc(F)cc2)on1)N1CCCCCC1CC(O)c1ccco1. The Morgan fingerprint density at radius 2 is 2.07 bits per heavy atom. The van der Waals surface area contributed by atoms with Crippen molar-refractivity contribution in [2.24, 2.45) is 0 Å². The van der Waals surface area contributed by atoms with Crippen LogP contribution in [0.1, 0.15) is 54.5 Å². The molecule has 7 heteroatoms. The van der Waals surface area contributed by atoms with Gasteiger partial charge in [-0.3, -0.25) is 4.79 Å². The van der Waals surface area contributed by atoms with Crippen LogP contribution in [0.5, 0.6) is 0 Å². The summed E-state index contributed by atoms with van der Waals surface area (Å²) in [6.45, 7) is 0.604. The summed E-state index contributed by atoms with van der Waals surface area (Å²) in [6.07, 6.45) is 4.92. The van der Waals surface area contributed by atoms with Gasteiger partial charge in [-0.1, -0.05) is 18.0 Å². The standard InChI is InChI=1S/C22H23FN2O4/c23-16-9-7-15(8-10-16)21-14-18(24-29-21)22(27)25-11-3-1-2-5-17(25)13-19(26)20-6-4-12-28-20/h4,6-10,12,14,17,19,26H,1-3,5,11,13H2. The van der Waals surface area contributed by atoms with Crippen molar-refractivity contribution in [3.8, 4) is 11.3 Å². The summed E-state index contributed by atoms with van der Waals surface area (Å²) in [5.74, 6) is 0.352. The van der Waals surface area contributed by atoms with Crippen LogP contribution in [0.4, 0.5) is 4.39 Å². The molecule has 0 radical (unpaired) electrons. The van der Waals surface area contributed by atoms with Crippen molar-refractivity contribution in [2.45, 2.75) is 44.2 Å². The predicted octanol–water partition coefficient (Wildman–Crippen LogP) is 4.58. The highest BCUT2D eigenvalue weighted by atomic mass is 19.1. The van der Waals surface area contributed by atoms with E-state index in [2.05, 4.69) is 5.16 Å². The van der Waals surface area contributed by atoms with Crippen LogP contribution >= 0.6 is 0 Å². The van der Waals surface area contributed by atoms with Gasteiger partial charge in [0.1, 0.15) is 17.7 Å². The molecule has 1 N–H and O–H groups in total. The van der Waals surface area contributed by atoms with Crippen LogP contribution < -0.4 is 0 Å². The first-order valence-electron chi connectivity index (χ1n) is 9.87. The molecule has 2 unspecified atom stereocenters. The summed E-state index contributed by atoms with van der Waals surface area (Å²) in [4.78, 5) is 15.0.